The summed E-state index contributed by atoms with van der Waals surface area (Å²) >= 11 is 0. The van der Waals surface area contributed by atoms with Crippen LogP contribution in [-0.4, -0.2) is 60.5 Å². The number of carbonyl (C=O) groups excluding carboxylic acids is 3. The predicted octanol–water partition coefficient (Wildman–Crippen LogP) is 0.452. The van der Waals surface area contributed by atoms with E-state index in [0.29, 0.717) is 26.3 Å². The monoisotopic (exact) mass is 335 g/mol. The standard InChI is InChI=1S/C16H18FN3O4/c1-16(11-4-2-3-5-12(11)17)14(22)20(15(23)18-16)10-13(21)19-6-8-24-9-7-19/h2-5H,6-10H2,1H3,(H,18,23). The van der Waals surface area contributed by atoms with Gasteiger partial charge in [-0.1, -0.05) is 18.2 Å². The van der Waals surface area contributed by atoms with E-state index in [4.69, 9.17) is 4.74 Å². The van der Waals surface area contributed by atoms with E-state index in [-0.39, 0.29) is 18.0 Å². The molecule has 8 heteroatoms. The molecule has 0 radical (unpaired) electrons. The van der Waals surface area contributed by atoms with Gasteiger partial charge in [0.15, 0.2) is 0 Å². The van der Waals surface area contributed by atoms with Crippen molar-refractivity contribution in [1.29, 1.82) is 0 Å². The fourth-order valence-electron chi connectivity index (χ4n) is 2.94. The van der Waals surface area contributed by atoms with E-state index in [2.05, 4.69) is 5.32 Å². The van der Waals surface area contributed by atoms with Crippen molar-refractivity contribution in [3.05, 3.63) is 35.6 Å². The molecule has 0 spiro atoms. The molecule has 2 aliphatic heterocycles. The van der Waals surface area contributed by atoms with Crippen molar-refractivity contribution in [2.45, 2.75) is 12.5 Å². The van der Waals surface area contributed by atoms with Crippen molar-refractivity contribution < 1.29 is 23.5 Å². The fraction of sp³-hybridized carbons (Fsp3) is 0.438. The number of hydrogen-bond acceptors (Lipinski definition) is 4. The van der Waals surface area contributed by atoms with Crippen LogP contribution in [0.25, 0.3) is 0 Å². The molecule has 4 amide bonds. The number of amides is 4. The maximum atomic E-state index is 14.1. The van der Waals surface area contributed by atoms with Crippen molar-refractivity contribution in [3.8, 4) is 0 Å². The van der Waals surface area contributed by atoms with Crippen LogP contribution in [0.1, 0.15) is 12.5 Å². The zero-order valence-electron chi connectivity index (χ0n) is 13.3. The Kier molecular flexibility index (Phi) is 4.23. The number of benzene rings is 1. The highest BCUT2D eigenvalue weighted by Crippen LogP contribution is 2.30. The van der Waals surface area contributed by atoms with Crippen LogP contribution in [0.4, 0.5) is 9.18 Å². The van der Waals surface area contributed by atoms with Crippen molar-refractivity contribution in [3.63, 3.8) is 0 Å². The average Bonchev–Trinajstić information content (AvgIpc) is 2.80. The van der Waals surface area contributed by atoms with E-state index in [0.717, 1.165) is 4.90 Å². The van der Waals surface area contributed by atoms with Gasteiger partial charge in [0.1, 0.15) is 17.9 Å². The summed E-state index contributed by atoms with van der Waals surface area (Å²) in [5.74, 6) is -1.56. The second kappa shape index (κ2) is 6.20. The first-order valence-corrected chi connectivity index (χ1v) is 7.68. The van der Waals surface area contributed by atoms with Gasteiger partial charge in [0.2, 0.25) is 5.91 Å². The minimum Gasteiger partial charge on any atom is -0.378 e. The topological polar surface area (TPSA) is 79.0 Å². The summed E-state index contributed by atoms with van der Waals surface area (Å²) < 4.78 is 19.2. The molecule has 2 fully saturated rings. The maximum absolute atomic E-state index is 14.1. The third-order valence-corrected chi connectivity index (χ3v) is 4.34. The number of rotatable bonds is 3. The van der Waals surface area contributed by atoms with E-state index >= 15 is 0 Å². The first-order valence-electron chi connectivity index (χ1n) is 7.68. The van der Waals surface area contributed by atoms with Gasteiger partial charge in [-0.3, -0.25) is 14.5 Å². The van der Waals surface area contributed by atoms with Crippen LogP contribution < -0.4 is 5.32 Å². The molecule has 24 heavy (non-hydrogen) atoms. The molecule has 1 aromatic rings. The second-order valence-corrected chi connectivity index (χ2v) is 5.92. The molecule has 2 aliphatic rings. The van der Waals surface area contributed by atoms with Crippen LogP contribution in [0, 0.1) is 5.82 Å². The maximum Gasteiger partial charge on any atom is 0.325 e. The van der Waals surface area contributed by atoms with Gasteiger partial charge in [-0.05, 0) is 13.0 Å². The molecule has 1 unspecified atom stereocenters. The van der Waals surface area contributed by atoms with Crippen LogP contribution in [0.2, 0.25) is 0 Å². The van der Waals surface area contributed by atoms with E-state index in [1.807, 2.05) is 0 Å². The quantitative estimate of drug-likeness (QED) is 0.814. The van der Waals surface area contributed by atoms with Gasteiger partial charge in [-0.25, -0.2) is 9.18 Å². The molecule has 7 nitrogen and oxygen atoms in total. The van der Waals surface area contributed by atoms with Gasteiger partial charge >= 0.3 is 6.03 Å². The Morgan fingerprint density at radius 3 is 2.62 bits per heavy atom. The SMILES string of the molecule is CC1(c2ccccc2F)NC(=O)N(CC(=O)N2CCOCC2)C1=O. The van der Waals surface area contributed by atoms with Crippen molar-refractivity contribution in [2.75, 3.05) is 32.8 Å². The summed E-state index contributed by atoms with van der Waals surface area (Å²) in [6.07, 6.45) is 0. The minimum absolute atomic E-state index is 0.0738. The highest BCUT2D eigenvalue weighted by atomic mass is 19.1. The Bertz CT molecular complexity index is 690. The van der Waals surface area contributed by atoms with E-state index in [1.165, 1.54) is 25.1 Å². The molecular weight excluding hydrogens is 317 g/mol. The summed E-state index contributed by atoms with van der Waals surface area (Å²) in [6.45, 7) is 2.78. The average molecular weight is 335 g/mol. The molecular formula is C16H18FN3O4. The normalized spacial score (nSPS) is 24.2. The van der Waals surface area contributed by atoms with Crippen LogP contribution in [0.3, 0.4) is 0 Å². The minimum atomic E-state index is -1.52. The molecule has 2 saturated heterocycles. The molecule has 3 rings (SSSR count). The molecule has 0 aromatic heterocycles. The number of nitrogens with zero attached hydrogens (tertiary/aromatic N) is 2. The van der Waals surface area contributed by atoms with E-state index in [9.17, 15) is 18.8 Å². The summed E-state index contributed by atoms with van der Waals surface area (Å²) in [7, 11) is 0. The Morgan fingerprint density at radius 1 is 1.29 bits per heavy atom. The van der Waals surface area contributed by atoms with Crippen LogP contribution in [0.15, 0.2) is 24.3 Å². The smallest absolute Gasteiger partial charge is 0.325 e. The molecule has 1 aromatic carbocycles. The van der Waals surface area contributed by atoms with Crippen molar-refractivity contribution in [1.82, 2.24) is 15.1 Å². The third-order valence-electron chi connectivity index (χ3n) is 4.34. The lowest BCUT2D eigenvalue weighted by molar-refractivity contribution is -0.141. The van der Waals surface area contributed by atoms with Crippen LogP contribution >= 0.6 is 0 Å². The number of urea groups is 1. The highest BCUT2D eigenvalue weighted by Gasteiger charge is 2.50. The van der Waals surface area contributed by atoms with E-state index < -0.39 is 23.3 Å². The number of carbonyl (C=O) groups is 3. The van der Waals surface area contributed by atoms with Gasteiger partial charge in [0.25, 0.3) is 5.91 Å². The zero-order chi connectivity index (χ0) is 17.3. The Morgan fingerprint density at radius 2 is 1.96 bits per heavy atom. The van der Waals surface area contributed by atoms with Crippen molar-refractivity contribution >= 4 is 17.8 Å². The number of nitrogens with one attached hydrogen (secondary N) is 1. The molecule has 0 bridgehead atoms. The number of halogens is 1. The number of hydrogen-bond donors (Lipinski definition) is 1. The largest absolute Gasteiger partial charge is 0.378 e. The number of morpholine rings is 1. The van der Waals surface area contributed by atoms with Gasteiger partial charge in [-0.2, -0.15) is 0 Å². The van der Waals surface area contributed by atoms with E-state index in [1.54, 1.807) is 11.0 Å². The highest BCUT2D eigenvalue weighted by molar-refractivity contribution is 6.09. The Balaban J connectivity index is 1.79. The second-order valence-electron chi connectivity index (χ2n) is 5.92. The summed E-state index contributed by atoms with van der Waals surface area (Å²) in [5.41, 5.74) is -1.45. The summed E-state index contributed by atoms with van der Waals surface area (Å²) in [5, 5.41) is 2.50. The summed E-state index contributed by atoms with van der Waals surface area (Å²) in [6, 6.07) is 5.06. The molecule has 128 valence electrons. The van der Waals surface area contributed by atoms with Gasteiger partial charge in [0, 0.05) is 18.7 Å². The van der Waals surface area contributed by atoms with Gasteiger partial charge < -0.3 is 15.0 Å². The first kappa shape index (κ1) is 16.4. The van der Waals surface area contributed by atoms with Crippen LogP contribution in [-0.2, 0) is 19.9 Å². The fourth-order valence-corrected chi connectivity index (χ4v) is 2.94. The molecule has 0 saturated carbocycles. The lowest BCUT2D eigenvalue weighted by Gasteiger charge is -2.28. The summed E-state index contributed by atoms with van der Waals surface area (Å²) in [4.78, 5) is 39.5. The number of imide groups is 1. The Labute approximate surface area is 138 Å². The molecule has 1 N–H and O–H groups in total. The lowest BCUT2D eigenvalue weighted by atomic mass is 9.91. The Hall–Kier alpha value is -2.48. The van der Waals surface area contributed by atoms with Crippen LogP contribution in [0.5, 0.6) is 0 Å². The van der Waals surface area contributed by atoms with Gasteiger partial charge in [-0.15, -0.1) is 0 Å². The predicted molar refractivity (Wildman–Crippen MR) is 81.4 cm³/mol. The lowest BCUT2D eigenvalue weighted by Crippen LogP contribution is -2.47. The first-order chi connectivity index (χ1) is 11.4. The molecule has 1 atom stereocenters. The van der Waals surface area contributed by atoms with Crippen molar-refractivity contribution in [2.24, 2.45) is 0 Å². The van der Waals surface area contributed by atoms with Gasteiger partial charge in [0.05, 0.1) is 13.2 Å². The third kappa shape index (κ3) is 2.73. The molecule has 2 heterocycles. The molecule has 0 aliphatic carbocycles. The number of ether oxygens (including phenoxy) is 1. The zero-order valence-corrected chi connectivity index (χ0v) is 13.3.